The lowest BCUT2D eigenvalue weighted by Crippen LogP contribution is -2.49. The van der Waals surface area contributed by atoms with Crippen LogP contribution in [0.2, 0.25) is 0 Å². The highest BCUT2D eigenvalue weighted by Gasteiger charge is 2.29. The van der Waals surface area contributed by atoms with Gasteiger partial charge in [-0.15, -0.1) is 0 Å². The second kappa shape index (κ2) is 9.05. The van der Waals surface area contributed by atoms with Crippen LogP contribution in [0.5, 0.6) is 5.75 Å². The van der Waals surface area contributed by atoms with Crippen molar-refractivity contribution in [1.29, 1.82) is 0 Å². The third-order valence-electron chi connectivity index (χ3n) is 6.78. The van der Waals surface area contributed by atoms with Crippen molar-refractivity contribution in [2.24, 2.45) is 0 Å². The van der Waals surface area contributed by atoms with Gasteiger partial charge >= 0.3 is 5.97 Å². The van der Waals surface area contributed by atoms with Gasteiger partial charge in [0.25, 0.3) is 0 Å². The Morgan fingerprint density at radius 3 is 2.49 bits per heavy atom. The molecule has 0 bridgehead atoms. The molecule has 1 aromatic heterocycles. The molecular weight excluding hydrogens is 453 g/mol. The Labute approximate surface area is 201 Å². The van der Waals surface area contributed by atoms with Crippen LogP contribution in [0.1, 0.15) is 34.8 Å². The minimum absolute atomic E-state index is 0.0168. The fourth-order valence-electron chi connectivity index (χ4n) is 4.73. The predicted molar refractivity (Wildman–Crippen MR) is 129 cm³/mol. The number of nitrogens with zero attached hydrogens (tertiary/aromatic N) is 3. The zero-order valence-electron chi connectivity index (χ0n) is 19.4. The summed E-state index contributed by atoms with van der Waals surface area (Å²) in [7, 11) is 1.57. The van der Waals surface area contributed by atoms with Crippen LogP contribution in [0.25, 0.3) is 10.9 Å². The van der Waals surface area contributed by atoms with E-state index in [-0.39, 0.29) is 29.3 Å². The molecule has 35 heavy (non-hydrogen) atoms. The number of methoxy groups -OCH3 is 1. The first kappa shape index (κ1) is 22.9. The molecule has 1 amide bonds. The van der Waals surface area contributed by atoms with Crippen LogP contribution in [0.4, 0.5) is 10.1 Å². The Balaban J connectivity index is 1.37. The van der Waals surface area contributed by atoms with E-state index in [1.54, 1.807) is 22.6 Å². The van der Waals surface area contributed by atoms with Crippen LogP contribution < -0.4 is 15.1 Å². The van der Waals surface area contributed by atoms with Crippen molar-refractivity contribution >= 4 is 28.5 Å². The van der Waals surface area contributed by atoms with Crippen molar-refractivity contribution in [1.82, 2.24) is 9.47 Å². The van der Waals surface area contributed by atoms with Gasteiger partial charge in [-0.05, 0) is 31.0 Å². The molecule has 0 unspecified atom stereocenters. The van der Waals surface area contributed by atoms with Crippen molar-refractivity contribution in [3.8, 4) is 5.75 Å². The molecule has 1 aliphatic heterocycles. The molecule has 1 saturated carbocycles. The highest BCUT2D eigenvalue weighted by molar-refractivity contribution is 5.93. The van der Waals surface area contributed by atoms with E-state index < -0.39 is 17.2 Å². The maximum atomic E-state index is 15.2. The minimum atomic E-state index is -1.32. The summed E-state index contributed by atoms with van der Waals surface area (Å²) < 4.78 is 22.3. The number of piperazine rings is 1. The van der Waals surface area contributed by atoms with Crippen LogP contribution in [-0.4, -0.2) is 59.7 Å². The van der Waals surface area contributed by atoms with Gasteiger partial charge in [0, 0.05) is 49.4 Å². The number of carbonyl (C=O) groups excluding carboxylic acids is 1. The molecule has 8 nitrogen and oxygen atoms in total. The van der Waals surface area contributed by atoms with Crippen molar-refractivity contribution in [3.63, 3.8) is 0 Å². The molecule has 0 spiro atoms. The van der Waals surface area contributed by atoms with E-state index in [4.69, 9.17) is 4.74 Å². The molecule has 182 valence electrons. The van der Waals surface area contributed by atoms with Gasteiger partial charge in [0.15, 0.2) is 0 Å². The SMILES string of the molecule is COc1ccccc1CC(=O)N1CCN(c2cc3c(cc2F)c(=O)c(C(=O)O)cn3C2CC2)CC1. The van der Waals surface area contributed by atoms with Crippen molar-refractivity contribution in [2.75, 3.05) is 38.2 Å². The summed E-state index contributed by atoms with van der Waals surface area (Å²) in [5.74, 6) is -1.24. The molecule has 5 rings (SSSR count). The van der Waals surface area contributed by atoms with E-state index in [9.17, 15) is 19.5 Å². The lowest BCUT2D eigenvalue weighted by Gasteiger charge is -2.36. The van der Waals surface area contributed by atoms with Gasteiger partial charge < -0.3 is 24.2 Å². The number of rotatable bonds is 6. The Morgan fingerprint density at radius 1 is 1.11 bits per heavy atom. The monoisotopic (exact) mass is 479 g/mol. The molecular formula is C26H26FN3O5. The number of halogens is 1. The molecule has 1 N–H and O–H groups in total. The summed E-state index contributed by atoms with van der Waals surface area (Å²) in [4.78, 5) is 40.7. The number of carbonyl (C=O) groups is 2. The predicted octanol–water partition coefficient (Wildman–Crippen LogP) is 3.07. The van der Waals surface area contributed by atoms with Gasteiger partial charge in [-0.25, -0.2) is 9.18 Å². The molecule has 2 aliphatic rings. The van der Waals surface area contributed by atoms with Gasteiger partial charge in [0.05, 0.1) is 24.7 Å². The third kappa shape index (κ3) is 4.34. The van der Waals surface area contributed by atoms with Crippen LogP contribution >= 0.6 is 0 Å². The van der Waals surface area contributed by atoms with Crippen molar-refractivity contribution < 1.29 is 23.8 Å². The van der Waals surface area contributed by atoms with E-state index in [1.807, 2.05) is 29.2 Å². The first-order valence-corrected chi connectivity index (χ1v) is 11.6. The first-order chi connectivity index (χ1) is 16.9. The lowest BCUT2D eigenvalue weighted by atomic mass is 10.1. The van der Waals surface area contributed by atoms with Crippen LogP contribution in [0.15, 0.2) is 47.4 Å². The van der Waals surface area contributed by atoms with E-state index >= 15 is 4.39 Å². The third-order valence-corrected chi connectivity index (χ3v) is 6.78. The Morgan fingerprint density at radius 2 is 1.83 bits per heavy atom. The lowest BCUT2D eigenvalue weighted by molar-refractivity contribution is -0.130. The van der Waals surface area contributed by atoms with Gasteiger partial charge in [0.1, 0.15) is 17.1 Å². The first-order valence-electron chi connectivity index (χ1n) is 11.6. The molecule has 2 heterocycles. The summed E-state index contributed by atoms with van der Waals surface area (Å²) in [6, 6.07) is 10.3. The van der Waals surface area contributed by atoms with Crippen LogP contribution in [-0.2, 0) is 11.2 Å². The topological polar surface area (TPSA) is 92.1 Å². The molecule has 1 aliphatic carbocycles. The smallest absolute Gasteiger partial charge is 0.341 e. The number of anilines is 1. The number of para-hydroxylation sites is 1. The van der Waals surface area contributed by atoms with Gasteiger partial charge in [-0.3, -0.25) is 9.59 Å². The number of aromatic nitrogens is 1. The zero-order chi connectivity index (χ0) is 24.7. The van der Waals surface area contributed by atoms with Crippen molar-refractivity contribution in [2.45, 2.75) is 25.3 Å². The Hall–Kier alpha value is -3.88. The summed E-state index contributed by atoms with van der Waals surface area (Å²) >= 11 is 0. The standard InChI is InChI=1S/C26H26FN3O5/c1-35-23-5-3-2-4-16(23)12-24(31)29-10-8-28(9-11-29)22-14-21-18(13-20(22)27)25(32)19(26(33)34)15-30(21)17-6-7-17/h2-5,13-15,17H,6-12H2,1H3,(H,33,34). The van der Waals surface area contributed by atoms with Crippen LogP contribution in [0.3, 0.4) is 0 Å². The molecule has 2 aromatic carbocycles. The number of hydrogen-bond acceptors (Lipinski definition) is 5. The highest BCUT2D eigenvalue weighted by Crippen LogP contribution is 2.38. The average molecular weight is 480 g/mol. The van der Waals surface area contributed by atoms with Gasteiger partial charge in [-0.2, -0.15) is 0 Å². The summed E-state index contributed by atoms with van der Waals surface area (Å²) in [5, 5.41) is 9.49. The van der Waals surface area contributed by atoms with Crippen molar-refractivity contribution in [3.05, 3.63) is 69.8 Å². The summed E-state index contributed by atoms with van der Waals surface area (Å²) in [6.45, 7) is 1.78. The highest BCUT2D eigenvalue weighted by atomic mass is 19.1. The summed E-state index contributed by atoms with van der Waals surface area (Å²) in [6.07, 6.45) is 3.38. The maximum Gasteiger partial charge on any atom is 0.341 e. The Bertz CT molecular complexity index is 1370. The fourth-order valence-corrected chi connectivity index (χ4v) is 4.73. The minimum Gasteiger partial charge on any atom is -0.496 e. The van der Waals surface area contributed by atoms with E-state index in [0.717, 1.165) is 24.5 Å². The number of pyridine rings is 1. The number of carboxylic acid groups (broad SMARTS) is 1. The number of aromatic carboxylic acids is 1. The Kier molecular flexibility index (Phi) is 5.92. The van der Waals surface area contributed by atoms with Gasteiger partial charge in [-0.1, -0.05) is 18.2 Å². The number of carboxylic acids is 1. The van der Waals surface area contributed by atoms with E-state index in [2.05, 4.69) is 0 Å². The molecule has 1 saturated heterocycles. The normalized spacial score (nSPS) is 15.9. The van der Waals surface area contributed by atoms with E-state index in [0.29, 0.717) is 43.1 Å². The number of fused-ring (bicyclic) bond motifs is 1. The quantitative estimate of drug-likeness (QED) is 0.584. The molecule has 2 fully saturated rings. The summed E-state index contributed by atoms with van der Waals surface area (Å²) in [5.41, 5.74) is 0.682. The molecule has 0 radical (unpaired) electrons. The number of ether oxygens (including phenoxy) is 1. The largest absolute Gasteiger partial charge is 0.496 e. The molecule has 9 heteroatoms. The van der Waals surface area contributed by atoms with Crippen LogP contribution in [0, 0.1) is 5.82 Å². The number of amides is 1. The second-order valence-corrected chi connectivity index (χ2v) is 8.99. The fraction of sp³-hybridized carbons (Fsp3) is 0.346. The number of hydrogen-bond donors (Lipinski definition) is 1. The zero-order valence-corrected chi connectivity index (χ0v) is 19.4. The second-order valence-electron chi connectivity index (χ2n) is 8.99. The maximum absolute atomic E-state index is 15.2. The van der Waals surface area contributed by atoms with Gasteiger partial charge in [0.2, 0.25) is 11.3 Å². The molecule has 0 atom stereocenters. The molecule has 3 aromatic rings. The average Bonchev–Trinajstić information content (AvgIpc) is 3.70. The number of benzene rings is 2. The van der Waals surface area contributed by atoms with E-state index in [1.165, 1.54) is 6.20 Å².